The van der Waals surface area contributed by atoms with E-state index in [4.69, 9.17) is 16.7 Å². The number of carboxylic acids is 1. The molecule has 1 aliphatic heterocycles. The molecule has 108 valence electrons. The number of halogens is 3. The lowest BCUT2D eigenvalue weighted by Gasteiger charge is -2.23. The molecular weight excluding hydrogens is 292 g/mol. The molecule has 1 aromatic carbocycles. The number of hydrogen-bond donors (Lipinski definition) is 1. The monoisotopic (exact) mass is 303 g/mol. The molecule has 7 heteroatoms. The van der Waals surface area contributed by atoms with E-state index in [0.29, 0.717) is 18.6 Å². The Morgan fingerprint density at radius 2 is 1.95 bits per heavy atom. The SMILES string of the molecule is CC1CCN(C(=O)c2cc(F)c(F)cc2Cl)C1C(=O)O. The average molecular weight is 304 g/mol. The van der Waals surface area contributed by atoms with E-state index in [-0.39, 0.29) is 23.0 Å². The molecule has 1 fully saturated rings. The first-order valence-electron chi connectivity index (χ1n) is 6.01. The zero-order valence-corrected chi connectivity index (χ0v) is 11.3. The first kappa shape index (κ1) is 14.7. The Balaban J connectivity index is 2.37. The van der Waals surface area contributed by atoms with Crippen LogP contribution in [0.25, 0.3) is 0 Å². The minimum absolute atomic E-state index is 0.208. The summed E-state index contributed by atoms with van der Waals surface area (Å²) in [4.78, 5) is 24.6. The predicted molar refractivity (Wildman–Crippen MR) is 67.6 cm³/mol. The van der Waals surface area contributed by atoms with Crippen molar-refractivity contribution in [1.29, 1.82) is 0 Å². The van der Waals surface area contributed by atoms with Gasteiger partial charge in [0, 0.05) is 6.54 Å². The highest BCUT2D eigenvalue weighted by Gasteiger charge is 2.40. The van der Waals surface area contributed by atoms with E-state index in [2.05, 4.69) is 0 Å². The van der Waals surface area contributed by atoms with Gasteiger partial charge in [-0.1, -0.05) is 18.5 Å². The van der Waals surface area contributed by atoms with Gasteiger partial charge in [0.25, 0.3) is 5.91 Å². The van der Waals surface area contributed by atoms with Gasteiger partial charge in [-0.2, -0.15) is 0 Å². The molecule has 1 saturated heterocycles. The summed E-state index contributed by atoms with van der Waals surface area (Å²) in [7, 11) is 0. The van der Waals surface area contributed by atoms with Gasteiger partial charge in [0.15, 0.2) is 11.6 Å². The normalized spacial score (nSPS) is 22.1. The van der Waals surface area contributed by atoms with Crippen LogP contribution < -0.4 is 0 Å². The summed E-state index contributed by atoms with van der Waals surface area (Å²) in [6.45, 7) is 1.96. The maximum absolute atomic E-state index is 13.2. The molecule has 0 aliphatic carbocycles. The number of amides is 1. The second kappa shape index (κ2) is 5.36. The van der Waals surface area contributed by atoms with Crippen molar-refractivity contribution >= 4 is 23.5 Å². The maximum Gasteiger partial charge on any atom is 0.326 e. The Hall–Kier alpha value is -1.69. The third-order valence-corrected chi connectivity index (χ3v) is 3.77. The summed E-state index contributed by atoms with van der Waals surface area (Å²) in [5, 5.41) is 8.92. The van der Waals surface area contributed by atoms with E-state index in [1.807, 2.05) is 0 Å². The smallest absolute Gasteiger partial charge is 0.326 e. The van der Waals surface area contributed by atoms with Crippen molar-refractivity contribution < 1.29 is 23.5 Å². The van der Waals surface area contributed by atoms with Crippen LogP contribution in [0.4, 0.5) is 8.78 Å². The molecule has 1 aromatic rings. The number of likely N-dealkylation sites (tertiary alicyclic amines) is 1. The van der Waals surface area contributed by atoms with Gasteiger partial charge in [0.2, 0.25) is 0 Å². The number of carbonyl (C=O) groups is 2. The summed E-state index contributed by atoms with van der Waals surface area (Å²) in [6.07, 6.45) is 0.532. The van der Waals surface area contributed by atoms with Crippen molar-refractivity contribution in [1.82, 2.24) is 4.90 Å². The quantitative estimate of drug-likeness (QED) is 0.854. The molecule has 0 spiro atoms. The molecular formula is C13H12ClF2NO3. The Morgan fingerprint density at radius 3 is 2.55 bits per heavy atom. The van der Waals surface area contributed by atoms with Crippen molar-refractivity contribution in [2.45, 2.75) is 19.4 Å². The molecule has 1 heterocycles. The van der Waals surface area contributed by atoms with Crippen LogP contribution in [0.3, 0.4) is 0 Å². The van der Waals surface area contributed by atoms with Crippen molar-refractivity contribution in [2.24, 2.45) is 5.92 Å². The zero-order chi connectivity index (χ0) is 15.0. The van der Waals surface area contributed by atoms with Crippen LogP contribution in [0, 0.1) is 17.6 Å². The topological polar surface area (TPSA) is 57.6 Å². The largest absolute Gasteiger partial charge is 0.480 e. The standard InChI is InChI=1S/C13H12ClF2NO3/c1-6-2-3-17(11(6)13(19)20)12(18)7-4-9(15)10(16)5-8(7)14/h4-6,11H,2-3H2,1H3,(H,19,20). The molecule has 20 heavy (non-hydrogen) atoms. The van der Waals surface area contributed by atoms with E-state index in [0.717, 1.165) is 4.90 Å². The van der Waals surface area contributed by atoms with Gasteiger partial charge in [-0.15, -0.1) is 0 Å². The molecule has 0 bridgehead atoms. The lowest BCUT2D eigenvalue weighted by molar-refractivity contribution is -0.142. The third-order valence-electron chi connectivity index (χ3n) is 3.45. The van der Waals surface area contributed by atoms with Gasteiger partial charge < -0.3 is 10.0 Å². The predicted octanol–water partition coefficient (Wildman–Crippen LogP) is 2.55. The lowest BCUT2D eigenvalue weighted by Crippen LogP contribution is -2.42. The van der Waals surface area contributed by atoms with Crippen LogP contribution in [-0.2, 0) is 4.79 Å². The number of aliphatic carboxylic acids is 1. The van der Waals surface area contributed by atoms with Crippen LogP contribution in [0.1, 0.15) is 23.7 Å². The fourth-order valence-electron chi connectivity index (χ4n) is 2.39. The van der Waals surface area contributed by atoms with Crippen molar-refractivity contribution in [3.63, 3.8) is 0 Å². The highest BCUT2D eigenvalue weighted by molar-refractivity contribution is 6.33. The zero-order valence-electron chi connectivity index (χ0n) is 10.6. The molecule has 2 rings (SSSR count). The second-order valence-electron chi connectivity index (χ2n) is 4.79. The molecule has 4 nitrogen and oxygen atoms in total. The summed E-state index contributed by atoms with van der Waals surface area (Å²) in [5.41, 5.74) is -0.231. The van der Waals surface area contributed by atoms with Crippen molar-refractivity contribution in [2.75, 3.05) is 6.54 Å². The van der Waals surface area contributed by atoms with E-state index >= 15 is 0 Å². The van der Waals surface area contributed by atoms with Gasteiger partial charge in [0.1, 0.15) is 6.04 Å². The van der Waals surface area contributed by atoms with Gasteiger partial charge in [-0.05, 0) is 24.5 Å². The van der Waals surface area contributed by atoms with Crippen molar-refractivity contribution in [3.8, 4) is 0 Å². The Labute approximate surface area is 118 Å². The number of benzene rings is 1. The summed E-state index contributed by atoms with van der Waals surface area (Å²) >= 11 is 5.74. The number of nitrogens with zero attached hydrogens (tertiary/aromatic N) is 1. The first-order chi connectivity index (χ1) is 9.32. The highest BCUT2D eigenvalue weighted by Crippen LogP contribution is 2.28. The number of hydrogen-bond acceptors (Lipinski definition) is 2. The molecule has 1 amide bonds. The van der Waals surface area contributed by atoms with Gasteiger partial charge >= 0.3 is 5.97 Å². The Kier molecular flexibility index (Phi) is 3.94. The number of carboxylic acid groups (broad SMARTS) is 1. The summed E-state index contributed by atoms with van der Waals surface area (Å²) < 4.78 is 26.2. The minimum Gasteiger partial charge on any atom is -0.480 e. The molecule has 1 N–H and O–H groups in total. The van der Waals surface area contributed by atoms with Gasteiger partial charge in [-0.25, -0.2) is 13.6 Å². The summed E-state index contributed by atoms with van der Waals surface area (Å²) in [6, 6.07) is 0.424. The number of rotatable bonds is 2. The van der Waals surface area contributed by atoms with E-state index in [1.165, 1.54) is 0 Å². The van der Waals surface area contributed by atoms with E-state index in [1.54, 1.807) is 6.92 Å². The lowest BCUT2D eigenvalue weighted by atomic mass is 10.0. The molecule has 2 atom stereocenters. The van der Waals surface area contributed by atoms with Gasteiger partial charge in [0.05, 0.1) is 10.6 Å². The van der Waals surface area contributed by atoms with Crippen LogP contribution >= 0.6 is 11.6 Å². The minimum atomic E-state index is -1.20. The number of carbonyl (C=O) groups excluding carboxylic acids is 1. The van der Waals surface area contributed by atoms with Crippen LogP contribution in [-0.4, -0.2) is 34.5 Å². The maximum atomic E-state index is 13.2. The fourth-order valence-corrected chi connectivity index (χ4v) is 2.62. The van der Waals surface area contributed by atoms with E-state index < -0.39 is 29.6 Å². The Morgan fingerprint density at radius 1 is 1.35 bits per heavy atom. The first-order valence-corrected chi connectivity index (χ1v) is 6.39. The highest BCUT2D eigenvalue weighted by atomic mass is 35.5. The van der Waals surface area contributed by atoms with Gasteiger partial charge in [-0.3, -0.25) is 4.79 Å². The Bertz CT molecular complexity index is 579. The second-order valence-corrected chi connectivity index (χ2v) is 5.20. The van der Waals surface area contributed by atoms with Crippen LogP contribution in [0.15, 0.2) is 12.1 Å². The molecule has 0 saturated carbocycles. The van der Waals surface area contributed by atoms with E-state index in [9.17, 15) is 18.4 Å². The van der Waals surface area contributed by atoms with Crippen LogP contribution in [0.5, 0.6) is 0 Å². The third kappa shape index (κ3) is 2.47. The molecule has 0 radical (unpaired) electrons. The van der Waals surface area contributed by atoms with Crippen LogP contribution in [0.2, 0.25) is 5.02 Å². The summed E-state index contributed by atoms with van der Waals surface area (Å²) in [5.74, 6) is -4.39. The molecule has 2 unspecified atom stereocenters. The molecule has 0 aromatic heterocycles. The average Bonchev–Trinajstić information content (AvgIpc) is 2.75. The fraction of sp³-hybridized carbons (Fsp3) is 0.385. The molecule has 1 aliphatic rings. The van der Waals surface area contributed by atoms with Crippen molar-refractivity contribution in [3.05, 3.63) is 34.4 Å².